The highest BCUT2D eigenvalue weighted by molar-refractivity contribution is 7.89. The third-order valence-electron chi connectivity index (χ3n) is 5.61. The lowest BCUT2D eigenvalue weighted by molar-refractivity contribution is -0.137. The summed E-state index contributed by atoms with van der Waals surface area (Å²) in [7, 11) is -4.59. The first-order valence-electron chi connectivity index (χ1n) is 10.7. The average Bonchev–Trinajstić information content (AvgIpc) is 2.83. The lowest BCUT2D eigenvalue weighted by Crippen LogP contribution is -2.49. The number of nitrogens with one attached hydrogen (secondary N) is 1. The fourth-order valence-electron chi connectivity index (χ4n) is 3.94. The number of sulfonamides is 1. The van der Waals surface area contributed by atoms with E-state index in [4.69, 9.17) is 11.6 Å². The Balaban J connectivity index is 2.04. The summed E-state index contributed by atoms with van der Waals surface area (Å²) in [6.07, 6.45) is -4.00. The van der Waals surface area contributed by atoms with E-state index >= 15 is 0 Å². The predicted molar refractivity (Wildman–Crippen MR) is 128 cm³/mol. The molecule has 4 nitrogen and oxygen atoms in total. The number of pyridine rings is 1. The maximum Gasteiger partial charge on any atom is 0.416 e. The van der Waals surface area contributed by atoms with Gasteiger partial charge in [0.2, 0.25) is 10.0 Å². The van der Waals surface area contributed by atoms with Crippen LogP contribution < -0.4 is 4.72 Å². The van der Waals surface area contributed by atoms with Gasteiger partial charge in [-0.15, -0.1) is 0 Å². The third-order valence-corrected chi connectivity index (χ3v) is 7.32. The number of rotatable bonds is 7. The number of benzene rings is 3. The van der Waals surface area contributed by atoms with Crippen LogP contribution in [-0.4, -0.2) is 13.4 Å². The van der Waals surface area contributed by atoms with Crippen LogP contribution >= 0.6 is 11.6 Å². The number of alkyl halides is 3. The molecule has 192 valence electrons. The van der Waals surface area contributed by atoms with E-state index in [9.17, 15) is 30.4 Å². The molecule has 0 saturated heterocycles. The zero-order valence-corrected chi connectivity index (χ0v) is 20.4. The van der Waals surface area contributed by atoms with Crippen molar-refractivity contribution in [3.05, 3.63) is 130 Å². The minimum atomic E-state index is -4.93. The summed E-state index contributed by atoms with van der Waals surface area (Å²) in [5.41, 5.74) is -3.30. The monoisotopic (exact) mass is 552 g/mol. The smallest absolute Gasteiger partial charge is 0.257 e. The van der Waals surface area contributed by atoms with E-state index < -0.39 is 43.8 Å². The van der Waals surface area contributed by atoms with E-state index in [-0.39, 0.29) is 22.7 Å². The van der Waals surface area contributed by atoms with Crippen molar-refractivity contribution in [1.29, 1.82) is 0 Å². The Kier molecular flexibility index (Phi) is 7.36. The minimum absolute atomic E-state index is 0.0561. The zero-order valence-electron chi connectivity index (χ0n) is 18.8. The normalized spacial score (nSPS) is 13.8. The highest BCUT2D eigenvalue weighted by atomic mass is 35.5. The van der Waals surface area contributed by atoms with E-state index in [1.807, 2.05) is 0 Å². The third kappa shape index (κ3) is 5.98. The van der Waals surface area contributed by atoms with Crippen LogP contribution in [0, 0.1) is 11.6 Å². The van der Waals surface area contributed by atoms with Gasteiger partial charge in [-0.1, -0.05) is 48.0 Å². The molecule has 0 aliphatic carbocycles. The van der Waals surface area contributed by atoms with Crippen molar-refractivity contribution in [3.8, 4) is 0 Å². The number of nitrogens with zero attached hydrogens (tertiary/aromatic N) is 1. The molecule has 0 aliphatic rings. The second-order valence-corrected chi connectivity index (χ2v) is 10.3. The van der Waals surface area contributed by atoms with Crippen LogP contribution in [0.15, 0.2) is 96.0 Å². The van der Waals surface area contributed by atoms with Crippen molar-refractivity contribution in [1.82, 2.24) is 9.71 Å². The second-order valence-electron chi connectivity index (χ2n) is 8.22. The molecule has 3 aromatic carbocycles. The highest BCUT2D eigenvalue weighted by Crippen LogP contribution is 2.39. The first-order valence-corrected chi connectivity index (χ1v) is 12.6. The van der Waals surface area contributed by atoms with Gasteiger partial charge in [-0.3, -0.25) is 4.98 Å². The molecule has 0 saturated carbocycles. The van der Waals surface area contributed by atoms with Gasteiger partial charge in [0.1, 0.15) is 17.2 Å². The molecule has 0 bridgehead atoms. The molecule has 4 rings (SSSR count). The molecule has 0 amide bonds. The molecule has 0 spiro atoms. The molecule has 11 heteroatoms. The molecule has 1 heterocycles. The molecular weight excluding hydrogens is 535 g/mol. The van der Waals surface area contributed by atoms with Gasteiger partial charge in [-0.05, 0) is 59.7 Å². The Morgan fingerprint density at radius 2 is 1.51 bits per heavy atom. The van der Waals surface area contributed by atoms with Crippen molar-refractivity contribution in [3.63, 3.8) is 0 Å². The Morgan fingerprint density at radius 3 is 2.14 bits per heavy atom. The Bertz CT molecular complexity index is 1510. The fraction of sp³-hybridized carbons (Fsp3) is 0.115. The molecular formula is C26H18ClF5N2O2S. The van der Waals surface area contributed by atoms with Gasteiger partial charge in [0.25, 0.3) is 0 Å². The largest absolute Gasteiger partial charge is 0.416 e. The molecule has 4 aromatic rings. The van der Waals surface area contributed by atoms with Crippen LogP contribution in [0.25, 0.3) is 0 Å². The maximum absolute atomic E-state index is 14.6. The van der Waals surface area contributed by atoms with Crippen LogP contribution in [0.3, 0.4) is 0 Å². The van der Waals surface area contributed by atoms with E-state index in [2.05, 4.69) is 9.71 Å². The molecule has 0 radical (unpaired) electrons. The summed E-state index contributed by atoms with van der Waals surface area (Å²) in [6.45, 7) is 0. The Labute approximate surface area is 214 Å². The van der Waals surface area contributed by atoms with Gasteiger partial charge in [0, 0.05) is 12.6 Å². The molecule has 37 heavy (non-hydrogen) atoms. The number of halogens is 6. The van der Waals surface area contributed by atoms with Crippen molar-refractivity contribution >= 4 is 21.6 Å². The molecule has 1 N–H and O–H groups in total. The molecule has 1 aromatic heterocycles. The van der Waals surface area contributed by atoms with Gasteiger partial charge in [-0.25, -0.2) is 17.2 Å². The van der Waals surface area contributed by atoms with Crippen LogP contribution in [0.1, 0.15) is 22.4 Å². The SMILES string of the molecule is O=S(=O)(N[C@](Cc1ccccc1)(c1cc(F)cc(C(F)(F)F)c1)c1ccc(Cl)cn1)c1cccc(F)c1. The predicted octanol–water partition coefficient (Wildman–Crippen LogP) is 6.50. The highest BCUT2D eigenvalue weighted by Gasteiger charge is 2.43. The zero-order chi connectivity index (χ0) is 26.8. The number of hydrogen-bond acceptors (Lipinski definition) is 3. The summed E-state index contributed by atoms with van der Waals surface area (Å²) in [4.78, 5) is 3.72. The first kappa shape index (κ1) is 26.7. The van der Waals surface area contributed by atoms with Gasteiger partial charge in [-0.2, -0.15) is 17.9 Å². The van der Waals surface area contributed by atoms with Gasteiger partial charge in [0.15, 0.2) is 0 Å². The van der Waals surface area contributed by atoms with Crippen molar-refractivity contribution in [2.75, 3.05) is 0 Å². The Morgan fingerprint density at radius 1 is 0.811 bits per heavy atom. The van der Waals surface area contributed by atoms with E-state index in [1.165, 1.54) is 24.4 Å². The number of aromatic nitrogens is 1. The summed E-state index contributed by atoms with van der Waals surface area (Å²) < 4.78 is 99.1. The molecule has 0 aliphatic heterocycles. The fourth-order valence-corrected chi connectivity index (χ4v) is 5.45. The van der Waals surface area contributed by atoms with Gasteiger partial charge in [0.05, 0.1) is 21.2 Å². The van der Waals surface area contributed by atoms with E-state index in [1.54, 1.807) is 30.3 Å². The van der Waals surface area contributed by atoms with E-state index in [0.717, 1.165) is 24.3 Å². The Hall–Kier alpha value is -3.34. The quantitative estimate of drug-likeness (QED) is 0.266. The topological polar surface area (TPSA) is 59.1 Å². The number of hydrogen-bond donors (Lipinski definition) is 1. The van der Waals surface area contributed by atoms with Crippen LogP contribution in [-0.2, 0) is 28.2 Å². The van der Waals surface area contributed by atoms with Gasteiger partial charge >= 0.3 is 6.18 Å². The molecule has 0 unspecified atom stereocenters. The summed E-state index contributed by atoms with van der Waals surface area (Å²) >= 11 is 5.97. The maximum atomic E-state index is 14.6. The summed E-state index contributed by atoms with van der Waals surface area (Å²) in [5.74, 6) is -2.08. The van der Waals surface area contributed by atoms with Crippen molar-refractivity contribution in [2.45, 2.75) is 23.0 Å². The molecule has 0 fully saturated rings. The summed E-state index contributed by atoms with van der Waals surface area (Å²) in [5, 5.41) is 0.181. The van der Waals surface area contributed by atoms with Crippen LogP contribution in [0.2, 0.25) is 5.02 Å². The van der Waals surface area contributed by atoms with Crippen LogP contribution in [0.4, 0.5) is 22.0 Å². The van der Waals surface area contributed by atoms with Crippen molar-refractivity contribution < 1.29 is 30.4 Å². The average molecular weight is 553 g/mol. The standard InChI is InChI=1S/C26H18ClF5N2O2S/c27-20-9-10-24(33-16-20)25(15-17-5-2-1-3-6-17,18-11-19(26(30,31)32)13-22(29)12-18)34-37(35,36)23-8-4-7-21(28)14-23/h1-14,16,34H,15H2/t25-/m1/s1. The van der Waals surface area contributed by atoms with Crippen molar-refractivity contribution in [2.24, 2.45) is 0 Å². The van der Waals surface area contributed by atoms with E-state index in [0.29, 0.717) is 17.7 Å². The lowest BCUT2D eigenvalue weighted by Gasteiger charge is -2.35. The second kappa shape index (κ2) is 10.2. The first-order chi connectivity index (χ1) is 17.4. The van der Waals surface area contributed by atoms with Crippen LogP contribution in [0.5, 0.6) is 0 Å². The van der Waals surface area contributed by atoms with Gasteiger partial charge < -0.3 is 0 Å². The minimum Gasteiger partial charge on any atom is -0.257 e. The molecule has 1 atom stereocenters. The summed E-state index contributed by atoms with van der Waals surface area (Å²) in [6, 6.07) is 16.9. The lowest BCUT2D eigenvalue weighted by atomic mass is 9.81.